The number of rotatable bonds is 10. The van der Waals surface area contributed by atoms with Gasteiger partial charge in [-0.05, 0) is 57.4 Å². The molecular formula is C19H33N3O. The lowest BCUT2D eigenvalue weighted by Gasteiger charge is -2.24. The lowest BCUT2D eigenvalue weighted by molar-refractivity contribution is -0.129. The topological polar surface area (TPSA) is 35.6 Å². The number of hydrogen-bond donors (Lipinski definition) is 1. The van der Waals surface area contributed by atoms with Crippen LogP contribution in [0.3, 0.4) is 0 Å². The molecule has 0 aliphatic carbocycles. The molecule has 4 heteroatoms. The van der Waals surface area contributed by atoms with Crippen molar-refractivity contribution in [3.05, 3.63) is 23.8 Å². The van der Waals surface area contributed by atoms with Crippen LogP contribution in [0.4, 0.5) is 11.4 Å². The maximum absolute atomic E-state index is 12.3. The molecule has 23 heavy (non-hydrogen) atoms. The first-order chi connectivity index (χ1) is 11.1. The Bertz CT molecular complexity index is 478. The Kier molecular flexibility index (Phi) is 8.52. The van der Waals surface area contributed by atoms with Gasteiger partial charge in [-0.25, -0.2) is 0 Å². The van der Waals surface area contributed by atoms with Gasteiger partial charge in [-0.2, -0.15) is 0 Å². The van der Waals surface area contributed by atoms with E-state index < -0.39 is 0 Å². The third-order valence-electron chi connectivity index (χ3n) is 4.11. The highest BCUT2D eigenvalue weighted by atomic mass is 16.2. The fourth-order valence-electron chi connectivity index (χ4n) is 2.82. The molecule has 1 aromatic carbocycles. The summed E-state index contributed by atoms with van der Waals surface area (Å²) in [4.78, 5) is 16.6. The van der Waals surface area contributed by atoms with E-state index in [1.54, 1.807) is 0 Å². The second-order valence-electron chi connectivity index (χ2n) is 5.91. The second-order valence-corrected chi connectivity index (χ2v) is 5.91. The summed E-state index contributed by atoms with van der Waals surface area (Å²) in [5, 5.41) is 3.30. The van der Waals surface area contributed by atoms with Crippen molar-refractivity contribution in [2.45, 2.75) is 47.5 Å². The second kappa shape index (κ2) is 10.1. The first kappa shape index (κ1) is 19.3. The van der Waals surface area contributed by atoms with Crippen LogP contribution in [0.5, 0.6) is 0 Å². The van der Waals surface area contributed by atoms with Crippen LogP contribution < -0.4 is 10.2 Å². The van der Waals surface area contributed by atoms with Gasteiger partial charge in [-0.15, -0.1) is 0 Å². The van der Waals surface area contributed by atoms with Crippen molar-refractivity contribution in [2.75, 3.05) is 42.9 Å². The number of amides is 1. The van der Waals surface area contributed by atoms with Gasteiger partial charge in [0.05, 0.1) is 6.54 Å². The van der Waals surface area contributed by atoms with Crippen LogP contribution in [0.2, 0.25) is 0 Å². The van der Waals surface area contributed by atoms with Gasteiger partial charge < -0.3 is 15.1 Å². The number of nitrogens with zero attached hydrogens (tertiary/aromatic N) is 2. The fourth-order valence-corrected chi connectivity index (χ4v) is 2.82. The minimum Gasteiger partial charge on any atom is -0.376 e. The zero-order valence-corrected chi connectivity index (χ0v) is 15.5. The number of anilines is 2. The van der Waals surface area contributed by atoms with E-state index in [0.717, 1.165) is 44.7 Å². The van der Waals surface area contributed by atoms with E-state index in [2.05, 4.69) is 63.0 Å². The van der Waals surface area contributed by atoms with E-state index in [9.17, 15) is 4.79 Å². The molecule has 1 rings (SSSR count). The summed E-state index contributed by atoms with van der Waals surface area (Å²) in [6, 6.07) is 6.40. The molecular weight excluding hydrogens is 286 g/mol. The van der Waals surface area contributed by atoms with Crippen molar-refractivity contribution in [1.82, 2.24) is 4.90 Å². The van der Waals surface area contributed by atoms with Crippen molar-refractivity contribution in [1.29, 1.82) is 0 Å². The molecule has 1 N–H and O–H groups in total. The number of carbonyl (C=O) groups is 1. The monoisotopic (exact) mass is 319 g/mol. The zero-order chi connectivity index (χ0) is 17.2. The molecule has 0 aromatic heterocycles. The summed E-state index contributed by atoms with van der Waals surface area (Å²) in [7, 11) is 0. The smallest absolute Gasteiger partial charge is 0.241 e. The van der Waals surface area contributed by atoms with Crippen LogP contribution in [0, 0.1) is 6.92 Å². The summed E-state index contributed by atoms with van der Waals surface area (Å²) < 4.78 is 0. The number of carbonyl (C=O) groups excluding carboxylic acids is 1. The van der Waals surface area contributed by atoms with Gasteiger partial charge >= 0.3 is 0 Å². The predicted molar refractivity (Wildman–Crippen MR) is 100 cm³/mol. The van der Waals surface area contributed by atoms with E-state index in [0.29, 0.717) is 6.54 Å². The fraction of sp³-hybridized carbons (Fsp3) is 0.632. The van der Waals surface area contributed by atoms with E-state index >= 15 is 0 Å². The summed E-state index contributed by atoms with van der Waals surface area (Å²) in [6.45, 7) is 14.7. The van der Waals surface area contributed by atoms with Gasteiger partial charge in [0.2, 0.25) is 5.91 Å². The highest BCUT2D eigenvalue weighted by Gasteiger charge is 2.12. The summed E-state index contributed by atoms with van der Waals surface area (Å²) in [5.41, 5.74) is 3.46. The van der Waals surface area contributed by atoms with Crippen molar-refractivity contribution < 1.29 is 4.79 Å². The van der Waals surface area contributed by atoms with Crippen LogP contribution in [0.15, 0.2) is 18.2 Å². The summed E-state index contributed by atoms with van der Waals surface area (Å²) in [5.74, 6) is 0.181. The molecule has 0 aliphatic rings. The number of benzene rings is 1. The Labute approximate surface area is 141 Å². The Hall–Kier alpha value is -1.71. The molecule has 0 saturated carbocycles. The van der Waals surface area contributed by atoms with Gasteiger partial charge in [0.1, 0.15) is 0 Å². The van der Waals surface area contributed by atoms with Crippen molar-refractivity contribution in [3.63, 3.8) is 0 Å². The molecule has 0 saturated heterocycles. The number of hydrogen-bond acceptors (Lipinski definition) is 3. The van der Waals surface area contributed by atoms with Crippen LogP contribution in [-0.2, 0) is 4.79 Å². The maximum atomic E-state index is 12.3. The van der Waals surface area contributed by atoms with Crippen molar-refractivity contribution in [2.24, 2.45) is 0 Å². The minimum atomic E-state index is 0.181. The van der Waals surface area contributed by atoms with Gasteiger partial charge in [-0.1, -0.05) is 13.8 Å². The van der Waals surface area contributed by atoms with Crippen LogP contribution in [-0.4, -0.2) is 43.5 Å². The number of aryl methyl sites for hydroxylation is 1. The molecule has 0 radical (unpaired) electrons. The summed E-state index contributed by atoms with van der Waals surface area (Å²) in [6.07, 6.45) is 2.01. The lowest BCUT2D eigenvalue weighted by atomic mass is 10.1. The van der Waals surface area contributed by atoms with E-state index in [1.807, 2.05) is 4.90 Å². The van der Waals surface area contributed by atoms with Gasteiger partial charge in [0.25, 0.3) is 0 Å². The molecule has 1 aromatic rings. The Balaban J connectivity index is 2.68. The largest absolute Gasteiger partial charge is 0.376 e. The lowest BCUT2D eigenvalue weighted by Crippen LogP contribution is -2.36. The molecule has 1 amide bonds. The molecule has 4 nitrogen and oxygen atoms in total. The summed E-state index contributed by atoms with van der Waals surface area (Å²) >= 11 is 0. The van der Waals surface area contributed by atoms with Crippen molar-refractivity contribution >= 4 is 17.3 Å². The third kappa shape index (κ3) is 5.77. The van der Waals surface area contributed by atoms with Crippen LogP contribution in [0.1, 0.15) is 46.1 Å². The van der Waals surface area contributed by atoms with Gasteiger partial charge in [-0.3, -0.25) is 4.79 Å². The van der Waals surface area contributed by atoms with Crippen molar-refractivity contribution in [3.8, 4) is 0 Å². The molecule has 0 fully saturated rings. The standard InChI is InChI=1S/C19H33N3O/c1-6-12-22(13-7-2)19(23)15-20-18-11-10-17(14-16(18)5)21(8-3)9-4/h10-11,14,20H,6-9,12-13,15H2,1-5H3. The molecule has 0 unspecified atom stereocenters. The molecule has 0 spiro atoms. The minimum absolute atomic E-state index is 0.181. The third-order valence-corrected chi connectivity index (χ3v) is 4.11. The first-order valence-corrected chi connectivity index (χ1v) is 8.94. The molecule has 0 aliphatic heterocycles. The Morgan fingerprint density at radius 1 is 1.04 bits per heavy atom. The number of nitrogens with one attached hydrogen (secondary N) is 1. The zero-order valence-electron chi connectivity index (χ0n) is 15.5. The molecule has 0 heterocycles. The molecule has 0 atom stereocenters. The van der Waals surface area contributed by atoms with Crippen LogP contribution >= 0.6 is 0 Å². The predicted octanol–water partition coefficient (Wildman–Crippen LogP) is 3.90. The van der Waals surface area contributed by atoms with E-state index in [4.69, 9.17) is 0 Å². The van der Waals surface area contributed by atoms with E-state index in [-0.39, 0.29) is 5.91 Å². The molecule has 130 valence electrons. The Morgan fingerprint density at radius 2 is 1.65 bits per heavy atom. The maximum Gasteiger partial charge on any atom is 0.241 e. The van der Waals surface area contributed by atoms with Gasteiger partial charge in [0, 0.05) is 37.6 Å². The SMILES string of the molecule is CCCN(CCC)C(=O)CNc1ccc(N(CC)CC)cc1C. The van der Waals surface area contributed by atoms with Gasteiger partial charge in [0.15, 0.2) is 0 Å². The first-order valence-electron chi connectivity index (χ1n) is 8.94. The van der Waals surface area contributed by atoms with Crippen LogP contribution in [0.25, 0.3) is 0 Å². The molecule has 0 bridgehead atoms. The quantitative estimate of drug-likeness (QED) is 0.710. The average molecular weight is 319 g/mol. The Morgan fingerprint density at radius 3 is 2.13 bits per heavy atom. The van der Waals surface area contributed by atoms with E-state index in [1.165, 1.54) is 11.3 Å². The highest BCUT2D eigenvalue weighted by Crippen LogP contribution is 2.22. The normalized spacial score (nSPS) is 10.5. The highest BCUT2D eigenvalue weighted by molar-refractivity contribution is 5.81. The average Bonchev–Trinajstić information content (AvgIpc) is 2.54.